The standard InChI is InChI=1S/C20H30FNO3/c1-15(2)18(22-19(23)25-20(3,4)5)17(21)12-9-13-24-14-16-10-7-6-8-11-16/h6-8,10-12,15,18H,9,13-14H2,1-5H3,(H,22,23)/b17-12-/t18-/m0/s1. The monoisotopic (exact) mass is 351 g/mol. The number of halogens is 1. The topological polar surface area (TPSA) is 47.6 Å². The van der Waals surface area contributed by atoms with Crippen LogP contribution in [-0.2, 0) is 16.1 Å². The summed E-state index contributed by atoms with van der Waals surface area (Å²) in [5.41, 5.74) is 0.468. The Morgan fingerprint density at radius 2 is 1.88 bits per heavy atom. The Balaban J connectivity index is 2.44. The van der Waals surface area contributed by atoms with Crippen LogP contribution < -0.4 is 5.32 Å². The van der Waals surface area contributed by atoms with Gasteiger partial charge in [0.1, 0.15) is 11.4 Å². The third-order valence-corrected chi connectivity index (χ3v) is 3.35. The van der Waals surface area contributed by atoms with Gasteiger partial charge in [-0.2, -0.15) is 0 Å². The van der Waals surface area contributed by atoms with Gasteiger partial charge in [-0.15, -0.1) is 0 Å². The maximum Gasteiger partial charge on any atom is 0.408 e. The summed E-state index contributed by atoms with van der Waals surface area (Å²) in [6, 6.07) is 9.11. The Hall–Kier alpha value is -1.88. The zero-order chi connectivity index (χ0) is 18.9. The number of hydrogen-bond donors (Lipinski definition) is 1. The molecule has 0 fully saturated rings. The first kappa shape index (κ1) is 21.2. The molecule has 1 aromatic rings. The van der Waals surface area contributed by atoms with E-state index in [1.807, 2.05) is 44.2 Å². The van der Waals surface area contributed by atoms with Gasteiger partial charge in [-0.3, -0.25) is 0 Å². The number of nitrogens with one attached hydrogen (secondary N) is 1. The molecule has 1 atom stereocenters. The summed E-state index contributed by atoms with van der Waals surface area (Å²) < 4.78 is 25.1. The number of benzene rings is 1. The Kier molecular flexibility index (Phi) is 8.62. The van der Waals surface area contributed by atoms with Crippen LogP contribution in [0.5, 0.6) is 0 Å². The van der Waals surface area contributed by atoms with E-state index in [0.717, 1.165) is 5.56 Å². The van der Waals surface area contributed by atoms with Crippen LogP contribution in [0.25, 0.3) is 0 Å². The fraction of sp³-hybridized carbons (Fsp3) is 0.550. The number of carbonyl (C=O) groups excluding carboxylic acids is 1. The zero-order valence-electron chi connectivity index (χ0n) is 15.8. The van der Waals surface area contributed by atoms with Crippen molar-refractivity contribution in [2.24, 2.45) is 5.92 Å². The van der Waals surface area contributed by atoms with Crippen LogP contribution in [0.3, 0.4) is 0 Å². The number of hydrogen-bond acceptors (Lipinski definition) is 3. The van der Waals surface area contributed by atoms with Crippen LogP contribution >= 0.6 is 0 Å². The molecule has 0 aliphatic heterocycles. The molecular weight excluding hydrogens is 321 g/mol. The van der Waals surface area contributed by atoms with Gasteiger partial charge in [-0.05, 0) is 44.7 Å². The van der Waals surface area contributed by atoms with Crippen LogP contribution in [0, 0.1) is 5.92 Å². The van der Waals surface area contributed by atoms with Crippen molar-refractivity contribution in [1.82, 2.24) is 5.32 Å². The molecule has 0 saturated carbocycles. The average molecular weight is 351 g/mol. The number of carbonyl (C=O) groups is 1. The maximum absolute atomic E-state index is 14.4. The SMILES string of the molecule is CC(C)[C@H](NC(=O)OC(C)(C)C)/C(F)=C/CCOCc1ccccc1. The first-order valence-electron chi connectivity index (χ1n) is 8.66. The number of amides is 1. The lowest BCUT2D eigenvalue weighted by Gasteiger charge is -2.25. The van der Waals surface area contributed by atoms with Crippen molar-refractivity contribution in [1.29, 1.82) is 0 Å². The molecule has 140 valence electrons. The van der Waals surface area contributed by atoms with Crippen LogP contribution in [0.1, 0.15) is 46.6 Å². The van der Waals surface area contributed by atoms with E-state index in [1.165, 1.54) is 6.08 Å². The molecule has 1 rings (SSSR count). The Morgan fingerprint density at radius 1 is 1.24 bits per heavy atom. The first-order chi connectivity index (χ1) is 11.7. The molecular formula is C20H30FNO3. The van der Waals surface area contributed by atoms with Crippen molar-refractivity contribution in [3.05, 3.63) is 47.8 Å². The molecule has 1 N–H and O–H groups in total. The molecule has 0 saturated heterocycles. The summed E-state index contributed by atoms with van der Waals surface area (Å²) >= 11 is 0. The molecule has 4 nitrogen and oxygen atoms in total. The smallest absolute Gasteiger partial charge is 0.408 e. The highest BCUT2D eigenvalue weighted by molar-refractivity contribution is 5.68. The molecule has 0 bridgehead atoms. The van der Waals surface area contributed by atoms with E-state index in [0.29, 0.717) is 19.6 Å². The lowest BCUT2D eigenvalue weighted by molar-refractivity contribution is 0.0494. The lowest BCUT2D eigenvalue weighted by atomic mass is 10.0. The van der Waals surface area contributed by atoms with Crippen molar-refractivity contribution in [3.8, 4) is 0 Å². The van der Waals surface area contributed by atoms with Crippen LogP contribution in [-0.4, -0.2) is 24.3 Å². The highest BCUT2D eigenvalue weighted by Crippen LogP contribution is 2.16. The first-order valence-corrected chi connectivity index (χ1v) is 8.66. The van der Waals surface area contributed by atoms with E-state index in [-0.39, 0.29) is 11.7 Å². The van der Waals surface area contributed by atoms with Crippen molar-refractivity contribution in [2.45, 2.75) is 59.3 Å². The second-order valence-corrected chi connectivity index (χ2v) is 7.28. The molecule has 5 heteroatoms. The van der Waals surface area contributed by atoms with Gasteiger partial charge in [-0.25, -0.2) is 9.18 Å². The molecule has 0 aliphatic carbocycles. The zero-order valence-corrected chi connectivity index (χ0v) is 15.8. The lowest BCUT2D eigenvalue weighted by Crippen LogP contribution is -2.42. The number of ether oxygens (including phenoxy) is 2. The third kappa shape index (κ3) is 9.25. The molecule has 0 unspecified atom stereocenters. The molecule has 1 amide bonds. The summed E-state index contributed by atoms with van der Waals surface area (Å²) in [5, 5.41) is 2.59. The minimum absolute atomic E-state index is 0.0889. The second-order valence-electron chi connectivity index (χ2n) is 7.28. The van der Waals surface area contributed by atoms with Crippen LogP contribution in [0.2, 0.25) is 0 Å². The molecule has 0 aromatic heterocycles. The summed E-state index contributed by atoms with van der Waals surface area (Å²) in [6.45, 7) is 9.93. The molecule has 25 heavy (non-hydrogen) atoms. The average Bonchev–Trinajstić information content (AvgIpc) is 2.51. The Labute approximate surface area is 150 Å². The van der Waals surface area contributed by atoms with E-state index in [2.05, 4.69) is 5.32 Å². The highest BCUT2D eigenvalue weighted by atomic mass is 19.1. The number of rotatable bonds is 8. The fourth-order valence-electron chi connectivity index (χ4n) is 2.16. The van der Waals surface area contributed by atoms with Gasteiger partial charge in [0.05, 0.1) is 19.3 Å². The van der Waals surface area contributed by atoms with Crippen molar-refractivity contribution >= 4 is 6.09 Å². The highest BCUT2D eigenvalue weighted by Gasteiger charge is 2.24. The molecule has 0 spiro atoms. The minimum atomic E-state index is -0.705. The van der Waals surface area contributed by atoms with Crippen molar-refractivity contribution < 1.29 is 18.7 Å². The predicted molar refractivity (Wildman–Crippen MR) is 97.9 cm³/mol. The molecule has 0 heterocycles. The largest absolute Gasteiger partial charge is 0.444 e. The van der Waals surface area contributed by atoms with E-state index in [4.69, 9.17) is 9.47 Å². The van der Waals surface area contributed by atoms with Gasteiger partial charge < -0.3 is 14.8 Å². The Morgan fingerprint density at radius 3 is 2.44 bits per heavy atom. The van der Waals surface area contributed by atoms with Gasteiger partial charge in [0.2, 0.25) is 0 Å². The van der Waals surface area contributed by atoms with Gasteiger partial charge in [-0.1, -0.05) is 44.2 Å². The van der Waals surface area contributed by atoms with Crippen LogP contribution in [0.15, 0.2) is 42.2 Å². The summed E-state index contributed by atoms with van der Waals surface area (Å²) in [5.74, 6) is -0.460. The summed E-state index contributed by atoms with van der Waals surface area (Å²) in [7, 11) is 0. The van der Waals surface area contributed by atoms with Gasteiger partial charge in [0.15, 0.2) is 0 Å². The molecule has 0 aliphatic rings. The van der Waals surface area contributed by atoms with Crippen molar-refractivity contribution in [3.63, 3.8) is 0 Å². The third-order valence-electron chi connectivity index (χ3n) is 3.35. The fourth-order valence-corrected chi connectivity index (χ4v) is 2.16. The second kappa shape index (κ2) is 10.2. The quantitative estimate of drug-likeness (QED) is 0.671. The molecule has 0 radical (unpaired) electrons. The van der Waals surface area contributed by atoms with Gasteiger partial charge in [0.25, 0.3) is 0 Å². The van der Waals surface area contributed by atoms with Gasteiger partial charge in [0, 0.05) is 0 Å². The minimum Gasteiger partial charge on any atom is -0.444 e. The maximum atomic E-state index is 14.4. The van der Waals surface area contributed by atoms with E-state index in [1.54, 1.807) is 20.8 Å². The van der Waals surface area contributed by atoms with E-state index in [9.17, 15) is 9.18 Å². The Bertz CT molecular complexity index is 550. The van der Waals surface area contributed by atoms with Crippen LogP contribution in [0.4, 0.5) is 9.18 Å². The molecule has 1 aromatic carbocycles. The predicted octanol–water partition coefficient (Wildman–Crippen LogP) is 5.00. The van der Waals surface area contributed by atoms with Gasteiger partial charge >= 0.3 is 6.09 Å². The number of alkyl carbamates (subject to hydrolysis) is 1. The normalized spacial score (nSPS) is 13.6. The summed E-state index contributed by atoms with van der Waals surface area (Å²) in [4.78, 5) is 11.9. The van der Waals surface area contributed by atoms with E-state index < -0.39 is 17.7 Å². The summed E-state index contributed by atoms with van der Waals surface area (Å²) in [6.07, 6.45) is 1.29. The van der Waals surface area contributed by atoms with Crippen molar-refractivity contribution in [2.75, 3.05) is 6.61 Å². The van der Waals surface area contributed by atoms with E-state index >= 15 is 0 Å².